The number of ether oxygens (including phenoxy) is 2. The SMILES string of the molecule is COc1ccc(CCNC(=O)Cn2nc(C3CC3)cc2C(F)F)cc1OC. The van der Waals surface area contributed by atoms with Crippen LogP contribution in [0.3, 0.4) is 0 Å². The van der Waals surface area contributed by atoms with E-state index in [1.807, 2.05) is 12.1 Å². The van der Waals surface area contributed by atoms with Gasteiger partial charge < -0.3 is 14.8 Å². The van der Waals surface area contributed by atoms with Crippen molar-refractivity contribution in [2.45, 2.75) is 38.2 Å². The average Bonchev–Trinajstić information content (AvgIpc) is 3.42. The van der Waals surface area contributed by atoms with Gasteiger partial charge in [-0.2, -0.15) is 5.10 Å². The van der Waals surface area contributed by atoms with Gasteiger partial charge in [-0.05, 0) is 43.0 Å². The number of alkyl halides is 2. The molecule has 1 N–H and O–H groups in total. The first-order valence-electron chi connectivity index (χ1n) is 8.85. The summed E-state index contributed by atoms with van der Waals surface area (Å²) >= 11 is 0. The molecule has 0 radical (unpaired) electrons. The first kappa shape index (κ1) is 19.1. The summed E-state index contributed by atoms with van der Waals surface area (Å²) < 4.78 is 37.9. The van der Waals surface area contributed by atoms with Gasteiger partial charge in [0.2, 0.25) is 5.91 Å². The number of amides is 1. The maximum atomic E-state index is 13.2. The van der Waals surface area contributed by atoms with Gasteiger partial charge in [-0.15, -0.1) is 0 Å². The summed E-state index contributed by atoms with van der Waals surface area (Å²) in [7, 11) is 3.12. The summed E-state index contributed by atoms with van der Waals surface area (Å²) in [4.78, 5) is 12.1. The number of aromatic nitrogens is 2. The molecule has 1 saturated carbocycles. The second-order valence-electron chi connectivity index (χ2n) is 6.52. The van der Waals surface area contributed by atoms with Crippen molar-refractivity contribution in [2.24, 2.45) is 0 Å². The molecule has 0 spiro atoms. The zero-order valence-corrected chi connectivity index (χ0v) is 15.4. The normalized spacial score (nSPS) is 13.7. The number of rotatable bonds is 9. The number of carbonyl (C=O) groups excluding carboxylic acids is 1. The molecular formula is C19H23F2N3O3. The van der Waals surface area contributed by atoms with Crippen LogP contribution in [0.15, 0.2) is 24.3 Å². The summed E-state index contributed by atoms with van der Waals surface area (Å²) in [6, 6.07) is 6.94. The predicted octanol–water partition coefficient (Wildman–Crippen LogP) is 3.07. The molecule has 146 valence electrons. The van der Waals surface area contributed by atoms with Crippen molar-refractivity contribution in [2.75, 3.05) is 20.8 Å². The molecule has 1 fully saturated rings. The summed E-state index contributed by atoms with van der Waals surface area (Å²) in [5, 5.41) is 6.94. The van der Waals surface area contributed by atoms with Crippen LogP contribution in [-0.2, 0) is 17.8 Å². The standard InChI is InChI=1S/C19H23F2N3O3/c1-26-16-6-3-12(9-17(16)27-2)7-8-22-18(25)11-24-15(19(20)21)10-14(23-24)13-4-5-13/h3,6,9-10,13,19H,4-5,7-8,11H2,1-2H3,(H,22,25). The fraction of sp³-hybridized carbons (Fsp3) is 0.474. The summed E-state index contributed by atoms with van der Waals surface area (Å²) in [5.41, 5.74) is 1.42. The number of carbonyl (C=O) groups is 1. The van der Waals surface area contributed by atoms with E-state index >= 15 is 0 Å². The number of hydrogen-bond donors (Lipinski definition) is 1. The van der Waals surface area contributed by atoms with Crippen LogP contribution in [-0.4, -0.2) is 36.5 Å². The number of nitrogens with one attached hydrogen (secondary N) is 1. The molecule has 3 rings (SSSR count). The fourth-order valence-electron chi connectivity index (χ4n) is 2.91. The van der Waals surface area contributed by atoms with E-state index < -0.39 is 6.43 Å². The van der Waals surface area contributed by atoms with Crippen LogP contribution in [0.2, 0.25) is 0 Å². The molecule has 0 bridgehead atoms. The number of hydrogen-bond acceptors (Lipinski definition) is 4. The third-order valence-electron chi connectivity index (χ3n) is 4.53. The Bertz CT molecular complexity index is 803. The van der Waals surface area contributed by atoms with Gasteiger partial charge in [-0.1, -0.05) is 6.07 Å². The van der Waals surface area contributed by atoms with E-state index in [9.17, 15) is 13.6 Å². The van der Waals surface area contributed by atoms with Crippen LogP contribution in [0.4, 0.5) is 8.78 Å². The summed E-state index contributed by atoms with van der Waals surface area (Å²) in [5.74, 6) is 1.17. The van der Waals surface area contributed by atoms with Gasteiger partial charge in [0.1, 0.15) is 12.2 Å². The second kappa shape index (κ2) is 8.37. The summed E-state index contributed by atoms with van der Waals surface area (Å²) in [6.07, 6.45) is -0.126. The van der Waals surface area contributed by atoms with Gasteiger partial charge in [0.25, 0.3) is 6.43 Å². The largest absolute Gasteiger partial charge is 0.493 e. The second-order valence-corrected chi connectivity index (χ2v) is 6.52. The van der Waals surface area contributed by atoms with Crippen LogP contribution < -0.4 is 14.8 Å². The summed E-state index contributed by atoms with van der Waals surface area (Å²) in [6.45, 7) is 0.174. The van der Waals surface area contributed by atoms with Gasteiger partial charge in [0, 0.05) is 12.5 Å². The zero-order chi connectivity index (χ0) is 19.4. The highest BCUT2D eigenvalue weighted by Gasteiger charge is 2.29. The molecule has 1 aliphatic carbocycles. The highest BCUT2D eigenvalue weighted by atomic mass is 19.3. The van der Waals surface area contributed by atoms with Crippen LogP contribution in [0.1, 0.15) is 42.1 Å². The molecule has 1 aromatic heterocycles. The van der Waals surface area contributed by atoms with E-state index in [1.54, 1.807) is 20.3 Å². The quantitative estimate of drug-likeness (QED) is 0.727. The first-order chi connectivity index (χ1) is 13.0. The molecule has 1 heterocycles. The minimum atomic E-state index is -2.65. The van der Waals surface area contributed by atoms with Gasteiger partial charge in [-0.3, -0.25) is 9.48 Å². The lowest BCUT2D eigenvalue weighted by molar-refractivity contribution is -0.121. The Hall–Kier alpha value is -2.64. The molecule has 1 aromatic carbocycles. The molecule has 27 heavy (non-hydrogen) atoms. The smallest absolute Gasteiger partial charge is 0.280 e. The lowest BCUT2D eigenvalue weighted by atomic mass is 10.1. The van der Waals surface area contributed by atoms with Gasteiger partial charge >= 0.3 is 0 Å². The van der Waals surface area contributed by atoms with E-state index in [-0.39, 0.29) is 24.1 Å². The van der Waals surface area contributed by atoms with E-state index in [4.69, 9.17) is 9.47 Å². The van der Waals surface area contributed by atoms with Crippen LogP contribution in [0.5, 0.6) is 11.5 Å². The molecule has 2 aromatic rings. The number of methoxy groups -OCH3 is 2. The Kier molecular flexibility index (Phi) is 5.93. The molecule has 1 amide bonds. The topological polar surface area (TPSA) is 65.4 Å². The van der Waals surface area contributed by atoms with E-state index in [2.05, 4.69) is 10.4 Å². The molecule has 0 aliphatic heterocycles. The van der Waals surface area contributed by atoms with Crippen LogP contribution in [0, 0.1) is 0 Å². The van der Waals surface area contributed by atoms with Gasteiger partial charge in [0.15, 0.2) is 11.5 Å². The van der Waals surface area contributed by atoms with Crippen molar-refractivity contribution in [3.8, 4) is 11.5 Å². The Morgan fingerprint density at radius 1 is 1.26 bits per heavy atom. The van der Waals surface area contributed by atoms with E-state index in [1.165, 1.54) is 6.07 Å². The van der Waals surface area contributed by atoms with Crippen LogP contribution in [0.25, 0.3) is 0 Å². The Morgan fingerprint density at radius 3 is 2.63 bits per heavy atom. The van der Waals surface area contributed by atoms with E-state index in [0.717, 1.165) is 23.1 Å². The average molecular weight is 379 g/mol. The lowest BCUT2D eigenvalue weighted by Gasteiger charge is -2.10. The molecule has 8 heteroatoms. The van der Waals surface area contributed by atoms with Gasteiger partial charge in [-0.25, -0.2) is 8.78 Å². The zero-order valence-electron chi connectivity index (χ0n) is 15.4. The third kappa shape index (κ3) is 4.75. The highest BCUT2D eigenvalue weighted by Crippen LogP contribution is 2.40. The Morgan fingerprint density at radius 2 is 2.00 bits per heavy atom. The van der Waals surface area contributed by atoms with Crippen molar-refractivity contribution in [3.05, 3.63) is 41.2 Å². The molecular weight excluding hydrogens is 356 g/mol. The van der Waals surface area contributed by atoms with Crippen molar-refractivity contribution >= 4 is 5.91 Å². The monoisotopic (exact) mass is 379 g/mol. The highest BCUT2D eigenvalue weighted by molar-refractivity contribution is 5.75. The molecule has 0 saturated heterocycles. The maximum absolute atomic E-state index is 13.2. The fourth-order valence-corrected chi connectivity index (χ4v) is 2.91. The molecule has 0 atom stereocenters. The first-order valence-corrected chi connectivity index (χ1v) is 8.85. The number of benzene rings is 1. The number of halogens is 2. The van der Waals surface area contributed by atoms with Crippen LogP contribution >= 0.6 is 0 Å². The van der Waals surface area contributed by atoms with Crippen molar-refractivity contribution in [1.29, 1.82) is 0 Å². The lowest BCUT2D eigenvalue weighted by Crippen LogP contribution is -2.30. The third-order valence-corrected chi connectivity index (χ3v) is 4.53. The Labute approximate surface area is 156 Å². The molecule has 1 aliphatic rings. The molecule has 0 unspecified atom stereocenters. The maximum Gasteiger partial charge on any atom is 0.280 e. The van der Waals surface area contributed by atoms with Gasteiger partial charge in [0.05, 0.1) is 19.9 Å². The number of nitrogens with zero attached hydrogens (tertiary/aromatic N) is 2. The van der Waals surface area contributed by atoms with Crippen molar-refractivity contribution in [1.82, 2.24) is 15.1 Å². The van der Waals surface area contributed by atoms with Crippen molar-refractivity contribution in [3.63, 3.8) is 0 Å². The minimum absolute atomic E-state index is 0.202. The minimum Gasteiger partial charge on any atom is -0.493 e. The molecule has 6 nitrogen and oxygen atoms in total. The Balaban J connectivity index is 1.54. The van der Waals surface area contributed by atoms with E-state index in [0.29, 0.717) is 30.2 Å². The van der Waals surface area contributed by atoms with Crippen molar-refractivity contribution < 1.29 is 23.0 Å². The predicted molar refractivity (Wildman–Crippen MR) is 95.4 cm³/mol.